The van der Waals surface area contributed by atoms with Crippen LogP contribution in [0.25, 0.3) is 98.8 Å². The standard InChI is InChI=1S/C56H35NO2/c1-3-15-45-37(10-1)12-8-18-46(45)41-13-7-14-44(34-41)57(42-28-22-36(23-29-42)40-27-32-50-49-17-5-6-20-52(49)58-54(50)35-40)43-30-24-39(25-31-43)47-19-9-21-53-55(47)51-33-26-38-11-2-4-16-48(38)56(51)59-53/h1-35H. The maximum atomic E-state index is 6.54. The van der Waals surface area contributed by atoms with E-state index >= 15 is 0 Å². The number of hydrogen-bond acceptors (Lipinski definition) is 3. The largest absolute Gasteiger partial charge is 0.456 e. The zero-order valence-electron chi connectivity index (χ0n) is 32.0. The first-order chi connectivity index (χ1) is 29.2. The molecule has 0 fully saturated rings. The Labute approximate surface area is 340 Å². The van der Waals surface area contributed by atoms with E-state index in [1.54, 1.807) is 0 Å². The van der Waals surface area contributed by atoms with Crippen molar-refractivity contribution in [2.45, 2.75) is 0 Å². The molecule has 10 aromatic carbocycles. The Morgan fingerprint density at radius 3 is 1.71 bits per heavy atom. The predicted molar refractivity (Wildman–Crippen MR) is 247 cm³/mol. The molecule has 0 spiro atoms. The van der Waals surface area contributed by atoms with Crippen molar-refractivity contribution >= 4 is 82.5 Å². The zero-order valence-corrected chi connectivity index (χ0v) is 32.0. The minimum absolute atomic E-state index is 0.893. The van der Waals surface area contributed by atoms with Crippen LogP contribution in [0, 0.1) is 0 Å². The van der Waals surface area contributed by atoms with E-state index in [4.69, 9.17) is 8.83 Å². The highest BCUT2D eigenvalue weighted by molar-refractivity contribution is 6.19. The van der Waals surface area contributed by atoms with Crippen LogP contribution in [-0.2, 0) is 0 Å². The van der Waals surface area contributed by atoms with Crippen molar-refractivity contribution in [2.75, 3.05) is 4.90 Å². The number of rotatable bonds is 6. The van der Waals surface area contributed by atoms with Crippen LogP contribution in [0.5, 0.6) is 0 Å². The van der Waals surface area contributed by atoms with E-state index < -0.39 is 0 Å². The zero-order chi connectivity index (χ0) is 38.9. The number of hydrogen-bond donors (Lipinski definition) is 0. The Hall–Kier alpha value is -7.88. The Balaban J connectivity index is 0.969. The molecular weight excluding hydrogens is 719 g/mol. The van der Waals surface area contributed by atoms with E-state index in [1.165, 1.54) is 27.3 Å². The maximum Gasteiger partial charge on any atom is 0.143 e. The van der Waals surface area contributed by atoms with Crippen molar-refractivity contribution in [3.63, 3.8) is 0 Å². The van der Waals surface area contributed by atoms with E-state index in [9.17, 15) is 0 Å². The summed E-state index contributed by atoms with van der Waals surface area (Å²) in [5.74, 6) is 0. The lowest BCUT2D eigenvalue weighted by Gasteiger charge is -2.26. The highest BCUT2D eigenvalue weighted by Crippen LogP contribution is 2.43. The van der Waals surface area contributed by atoms with Crippen LogP contribution < -0.4 is 4.90 Å². The summed E-state index contributed by atoms with van der Waals surface area (Å²) in [6, 6.07) is 75.8. The van der Waals surface area contributed by atoms with Crippen molar-refractivity contribution in [2.24, 2.45) is 0 Å². The molecule has 2 aromatic heterocycles. The van der Waals surface area contributed by atoms with Gasteiger partial charge in [-0.15, -0.1) is 0 Å². The van der Waals surface area contributed by atoms with Crippen molar-refractivity contribution in [1.82, 2.24) is 0 Å². The quantitative estimate of drug-likeness (QED) is 0.169. The summed E-state index contributed by atoms with van der Waals surface area (Å²) in [6.45, 7) is 0. The Morgan fingerprint density at radius 1 is 0.288 bits per heavy atom. The van der Waals surface area contributed by atoms with Gasteiger partial charge in [-0.2, -0.15) is 0 Å². The lowest BCUT2D eigenvalue weighted by Crippen LogP contribution is -2.10. The second-order valence-electron chi connectivity index (χ2n) is 15.3. The van der Waals surface area contributed by atoms with E-state index in [1.807, 2.05) is 12.1 Å². The average molecular weight is 754 g/mol. The predicted octanol–water partition coefficient (Wildman–Crippen LogP) is 16.3. The Morgan fingerprint density at radius 2 is 0.881 bits per heavy atom. The highest BCUT2D eigenvalue weighted by atomic mass is 16.3. The Kier molecular flexibility index (Phi) is 7.54. The van der Waals surface area contributed by atoms with Crippen LogP contribution in [0.4, 0.5) is 17.1 Å². The average Bonchev–Trinajstić information content (AvgIpc) is 3.88. The summed E-state index contributed by atoms with van der Waals surface area (Å²) in [5, 5.41) is 9.31. The third-order valence-corrected chi connectivity index (χ3v) is 11.9. The molecule has 0 radical (unpaired) electrons. The second-order valence-corrected chi connectivity index (χ2v) is 15.3. The number of furan rings is 2. The number of benzene rings is 10. The number of anilines is 3. The molecule has 0 aliphatic heterocycles. The van der Waals surface area contributed by atoms with Gasteiger partial charge in [0.2, 0.25) is 0 Å². The molecule has 0 saturated heterocycles. The SMILES string of the molecule is c1cc(-c2cccc3ccccc23)cc(N(c2ccc(-c3ccc4c(c3)oc3ccccc34)cc2)c2ccc(-c3cccc4oc5c6ccccc6ccc5c34)cc2)c1. The van der Waals surface area contributed by atoms with Crippen LogP contribution >= 0.6 is 0 Å². The summed E-state index contributed by atoms with van der Waals surface area (Å²) < 4.78 is 12.8. The van der Waals surface area contributed by atoms with Crippen molar-refractivity contribution in [1.29, 1.82) is 0 Å². The molecule has 3 heteroatoms. The van der Waals surface area contributed by atoms with E-state index in [0.29, 0.717) is 0 Å². The molecular formula is C56H35NO2. The van der Waals surface area contributed by atoms with Gasteiger partial charge in [0.25, 0.3) is 0 Å². The first kappa shape index (κ1) is 33.3. The van der Waals surface area contributed by atoms with E-state index in [0.717, 1.165) is 88.6 Å². The van der Waals surface area contributed by atoms with Gasteiger partial charge in [-0.25, -0.2) is 0 Å². The molecule has 276 valence electrons. The molecule has 0 unspecified atom stereocenters. The van der Waals surface area contributed by atoms with Gasteiger partial charge in [0.1, 0.15) is 22.3 Å². The minimum Gasteiger partial charge on any atom is -0.456 e. The smallest absolute Gasteiger partial charge is 0.143 e. The van der Waals surface area contributed by atoms with Crippen molar-refractivity contribution < 1.29 is 8.83 Å². The molecule has 12 rings (SSSR count). The van der Waals surface area contributed by atoms with Crippen LogP contribution in [-0.4, -0.2) is 0 Å². The highest BCUT2D eigenvalue weighted by Gasteiger charge is 2.18. The minimum atomic E-state index is 0.893. The summed E-state index contributed by atoms with van der Waals surface area (Å²) in [5.41, 5.74) is 13.8. The Bertz CT molecular complexity index is 3550. The summed E-state index contributed by atoms with van der Waals surface area (Å²) in [7, 11) is 0. The first-order valence-electron chi connectivity index (χ1n) is 20.1. The monoisotopic (exact) mass is 753 g/mol. The van der Waals surface area contributed by atoms with Crippen LogP contribution in [0.15, 0.2) is 221 Å². The third-order valence-electron chi connectivity index (χ3n) is 11.9. The molecule has 0 bridgehead atoms. The first-order valence-corrected chi connectivity index (χ1v) is 20.1. The fourth-order valence-corrected chi connectivity index (χ4v) is 9.03. The second kappa shape index (κ2) is 13.4. The van der Waals surface area contributed by atoms with Gasteiger partial charge in [0.15, 0.2) is 0 Å². The summed E-state index contributed by atoms with van der Waals surface area (Å²) >= 11 is 0. The molecule has 0 N–H and O–H groups in total. The van der Waals surface area contributed by atoms with Crippen molar-refractivity contribution in [3.05, 3.63) is 212 Å². The number of para-hydroxylation sites is 1. The topological polar surface area (TPSA) is 29.5 Å². The molecule has 0 aliphatic rings. The van der Waals surface area contributed by atoms with E-state index in [-0.39, 0.29) is 0 Å². The molecule has 0 atom stereocenters. The molecule has 2 heterocycles. The third kappa shape index (κ3) is 5.51. The van der Waals surface area contributed by atoms with Gasteiger partial charge < -0.3 is 13.7 Å². The fraction of sp³-hybridized carbons (Fsp3) is 0. The molecule has 59 heavy (non-hydrogen) atoms. The number of fused-ring (bicyclic) bond motifs is 9. The molecule has 12 aromatic rings. The fourth-order valence-electron chi connectivity index (χ4n) is 9.03. The van der Waals surface area contributed by atoms with Crippen LogP contribution in [0.1, 0.15) is 0 Å². The van der Waals surface area contributed by atoms with Gasteiger partial charge in [-0.3, -0.25) is 0 Å². The summed E-state index contributed by atoms with van der Waals surface area (Å²) in [6.07, 6.45) is 0. The van der Waals surface area contributed by atoms with Gasteiger partial charge in [0, 0.05) is 44.0 Å². The van der Waals surface area contributed by atoms with Gasteiger partial charge in [0.05, 0.1) is 0 Å². The van der Waals surface area contributed by atoms with Crippen LogP contribution in [0.2, 0.25) is 0 Å². The van der Waals surface area contributed by atoms with Gasteiger partial charge >= 0.3 is 0 Å². The lowest BCUT2D eigenvalue weighted by atomic mass is 9.97. The number of nitrogens with zero attached hydrogens (tertiary/aromatic N) is 1. The molecule has 0 aliphatic carbocycles. The normalized spacial score (nSPS) is 11.7. The van der Waals surface area contributed by atoms with Crippen LogP contribution in [0.3, 0.4) is 0 Å². The van der Waals surface area contributed by atoms with E-state index in [2.05, 4.69) is 205 Å². The summed E-state index contributed by atoms with van der Waals surface area (Å²) in [4.78, 5) is 2.35. The lowest BCUT2D eigenvalue weighted by molar-refractivity contribution is 0.669. The molecule has 0 saturated carbocycles. The molecule has 0 amide bonds. The van der Waals surface area contributed by atoms with Gasteiger partial charge in [-0.1, -0.05) is 146 Å². The van der Waals surface area contributed by atoms with Crippen molar-refractivity contribution in [3.8, 4) is 33.4 Å². The molecule has 3 nitrogen and oxygen atoms in total. The maximum absolute atomic E-state index is 6.54. The van der Waals surface area contributed by atoms with Gasteiger partial charge in [-0.05, 0) is 116 Å².